The molecule has 1 atom stereocenters. The van der Waals surface area contributed by atoms with Crippen molar-refractivity contribution >= 4 is 11.6 Å². The van der Waals surface area contributed by atoms with Crippen LogP contribution in [0.2, 0.25) is 5.02 Å². The van der Waals surface area contributed by atoms with E-state index in [1.165, 1.54) is 12.0 Å². The minimum absolute atomic E-state index is 0.362. The first-order valence-corrected chi connectivity index (χ1v) is 7.21. The van der Waals surface area contributed by atoms with Gasteiger partial charge in [0.2, 0.25) is 0 Å². The second-order valence-corrected chi connectivity index (χ2v) is 5.77. The lowest BCUT2D eigenvalue weighted by Gasteiger charge is -2.18. The highest BCUT2D eigenvalue weighted by atomic mass is 35.5. The summed E-state index contributed by atoms with van der Waals surface area (Å²) in [5, 5.41) is 0.785. The van der Waals surface area contributed by atoms with Crippen LogP contribution in [0.4, 0.5) is 0 Å². The summed E-state index contributed by atoms with van der Waals surface area (Å²) in [5.74, 6) is 1.07. The van der Waals surface area contributed by atoms with E-state index < -0.39 is 0 Å². The predicted octanol–water partition coefficient (Wildman–Crippen LogP) is 5.30. The normalized spacial score (nSPS) is 12.6. The van der Waals surface area contributed by atoms with Gasteiger partial charge in [-0.15, -0.1) is 0 Å². The standard InChI is InChI=1S/C17H20ClN/c1-13(2)6-11-16(17-5-3-4-12-19-17)14-7-9-15(18)10-8-14/h3-5,7-10,12-13,16H,6,11H2,1-2H3/t16-/m1/s1. The highest BCUT2D eigenvalue weighted by Crippen LogP contribution is 2.30. The molecule has 0 aliphatic heterocycles. The minimum atomic E-state index is 0.362. The maximum Gasteiger partial charge on any atom is 0.0478 e. The molecular weight excluding hydrogens is 254 g/mol. The molecule has 100 valence electrons. The third-order valence-corrected chi connectivity index (χ3v) is 3.60. The van der Waals surface area contributed by atoms with Gasteiger partial charge in [-0.05, 0) is 42.2 Å². The van der Waals surface area contributed by atoms with Crippen LogP contribution in [0.5, 0.6) is 0 Å². The Labute approximate surface area is 120 Å². The van der Waals surface area contributed by atoms with E-state index in [9.17, 15) is 0 Å². The van der Waals surface area contributed by atoms with Crippen LogP contribution < -0.4 is 0 Å². The fourth-order valence-electron chi connectivity index (χ4n) is 2.26. The molecule has 0 aliphatic carbocycles. The molecule has 2 aromatic rings. The Morgan fingerprint density at radius 2 is 1.74 bits per heavy atom. The Balaban J connectivity index is 2.26. The SMILES string of the molecule is CC(C)CC[C@H](c1ccc(Cl)cc1)c1ccccn1. The van der Waals surface area contributed by atoms with Crippen LogP contribution in [0.3, 0.4) is 0 Å². The fourth-order valence-corrected chi connectivity index (χ4v) is 2.39. The number of nitrogens with zero attached hydrogens (tertiary/aromatic N) is 1. The zero-order valence-corrected chi connectivity index (χ0v) is 12.3. The first kappa shape index (κ1) is 14.1. The highest BCUT2D eigenvalue weighted by molar-refractivity contribution is 6.30. The van der Waals surface area contributed by atoms with E-state index in [0.29, 0.717) is 11.8 Å². The van der Waals surface area contributed by atoms with E-state index in [1.54, 1.807) is 0 Å². The Morgan fingerprint density at radius 3 is 2.32 bits per heavy atom. The van der Waals surface area contributed by atoms with Crippen LogP contribution in [0.15, 0.2) is 48.7 Å². The zero-order chi connectivity index (χ0) is 13.7. The number of aromatic nitrogens is 1. The number of hydrogen-bond acceptors (Lipinski definition) is 1. The molecular formula is C17H20ClN. The van der Waals surface area contributed by atoms with E-state index >= 15 is 0 Å². The van der Waals surface area contributed by atoms with Crippen molar-refractivity contribution in [2.45, 2.75) is 32.6 Å². The lowest BCUT2D eigenvalue weighted by molar-refractivity contribution is 0.524. The molecule has 2 rings (SSSR count). The molecule has 1 nitrogen and oxygen atoms in total. The van der Waals surface area contributed by atoms with Gasteiger partial charge >= 0.3 is 0 Å². The summed E-state index contributed by atoms with van der Waals surface area (Å²) >= 11 is 5.97. The Morgan fingerprint density at radius 1 is 1.00 bits per heavy atom. The molecule has 0 spiro atoms. The maximum absolute atomic E-state index is 5.97. The van der Waals surface area contributed by atoms with E-state index in [-0.39, 0.29) is 0 Å². The summed E-state index contributed by atoms with van der Waals surface area (Å²) in [6, 6.07) is 14.3. The Bertz CT molecular complexity index is 490. The van der Waals surface area contributed by atoms with Crippen molar-refractivity contribution in [1.29, 1.82) is 0 Å². The molecule has 1 heterocycles. The van der Waals surface area contributed by atoms with E-state index in [1.807, 2.05) is 24.4 Å². The van der Waals surface area contributed by atoms with Gasteiger partial charge in [-0.25, -0.2) is 0 Å². The van der Waals surface area contributed by atoms with Crippen LogP contribution in [-0.2, 0) is 0 Å². The van der Waals surface area contributed by atoms with Crippen molar-refractivity contribution in [2.24, 2.45) is 5.92 Å². The third-order valence-electron chi connectivity index (χ3n) is 3.35. The maximum atomic E-state index is 5.97. The van der Waals surface area contributed by atoms with Gasteiger partial charge in [0.15, 0.2) is 0 Å². The van der Waals surface area contributed by atoms with Gasteiger partial charge < -0.3 is 0 Å². The van der Waals surface area contributed by atoms with Gasteiger partial charge in [-0.3, -0.25) is 4.98 Å². The smallest absolute Gasteiger partial charge is 0.0478 e. The number of pyridine rings is 1. The largest absolute Gasteiger partial charge is 0.261 e. The van der Waals surface area contributed by atoms with Gasteiger partial charge in [0, 0.05) is 22.8 Å². The zero-order valence-electron chi connectivity index (χ0n) is 11.5. The lowest BCUT2D eigenvalue weighted by atomic mass is 9.88. The van der Waals surface area contributed by atoms with Crippen molar-refractivity contribution in [3.63, 3.8) is 0 Å². The van der Waals surface area contributed by atoms with Gasteiger partial charge in [-0.2, -0.15) is 0 Å². The van der Waals surface area contributed by atoms with Gasteiger partial charge in [0.1, 0.15) is 0 Å². The van der Waals surface area contributed by atoms with Crippen LogP contribution in [-0.4, -0.2) is 4.98 Å². The molecule has 0 aliphatic rings. The Kier molecular flexibility index (Phi) is 4.98. The van der Waals surface area contributed by atoms with Crippen molar-refractivity contribution in [3.8, 4) is 0 Å². The highest BCUT2D eigenvalue weighted by Gasteiger charge is 2.15. The molecule has 0 radical (unpaired) electrons. The number of rotatable bonds is 5. The van der Waals surface area contributed by atoms with Gasteiger partial charge in [0.05, 0.1) is 0 Å². The second kappa shape index (κ2) is 6.72. The molecule has 0 bridgehead atoms. The summed E-state index contributed by atoms with van der Waals surface area (Å²) in [6.45, 7) is 4.52. The molecule has 1 aromatic carbocycles. The number of hydrogen-bond donors (Lipinski definition) is 0. The molecule has 0 amide bonds. The fraction of sp³-hybridized carbons (Fsp3) is 0.353. The lowest BCUT2D eigenvalue weighted by Crippen LogP contribution is -2.05. The Hall–Kier alpha value is -1.34. The van der Waals surface area contributed by atoms with E-state index in [2.05, 4.69) is 43.1 Å². The number of halogens is 1. The first-order chi connectivity index (χ1) is 9.16. The summed E-state index contributed by atoms with van der Waals surface area (Å²) in [6.07, 6.45) is 4.19. The van der Waals surface area contributed by atoms with E-state index in [4.69, 9.17) is 11.6 Å². The first-order valence-electron chi connectivity index (χ1n) is 6.83. The monoisotopic (exact) mass is 273 g/mol. The topological polar surface area (TPSA) is 12.9 Å². The quantitative estimate of drug-likeness (QED) is 0.720. The average molecular weight is 274 g/mol. The summed E-state index contributed by atoms with van der Waals surface area (Å²) in [4.78, 5) is 4.52. The number of benzene rings is 1. The average Bonchev–Trinajstić information content (AvgIpc) is 2.42. The third kappa shape index (κ3) is 4.07. The molecule has 0 saturated heterocycles. The minimum Gasteiger partial charge on any atom is -0.261 e. The summed E-state index contributed by atoms with van der Waals surface area (Å²) in [7, 11) is 0. The molecule has 1 aromatic heterocycles. The summed E-state index contributed by atoms with van der Waals surface area (Å²) in [5.41, 5.74) is 2.44. The van der Waals surface area contributed by atoms with Crippen LogP contribution in [0, 0.1) is 5.92 Å². The van der Waals surface area contributed by atoms with Crippen molar-refractivity contribution in [2.75, 3.05) is 0 Å². The van der Waals surface area contributed by atoms with Gasteiger partial charge in [-0.1, -0.05) is 50.1 Å². The van der Waals surface area contributed by atoms with Crippen molar-refractivity contribution in [1.82, 2.24) is 4.98 Å². The van der Waals surface area contributed by atoms with Crippen LogP contribution in [0.1, 0.15) is 43.9 Å². The van der Waals surface area contributed by atoms with Crippen LogP contribution in [0.25, 0.3) is 0 Å². The van der Waals surface area contributed by atoms with Crippen molar-refractivity contribution in [3.05, 3.63) is 64.9 Å². The predicted molar refractivity (Wildman–Crippen MR) is 81.6 cm³/mol. The second-order valence-electron chi connectivity index (χ2n) is 5.33. The molecule has 0 saturated carbocycles. The van der Waals surface area contributed by atoms with E-state index in [0.717, 1.165) is 17.1 Å². The van der Waals surface area contributed by atoms with Gasteiger partial charge in [0.25, 0.3) is 0 Å². The molecule has 0 fully saturated rings. The summed E-state index contributed by atoms with van der Waals surface area (Å²) < 4.78 is 0. The molecule has 2 heteroatoms. The molecule has 19 heavy (non-hydrogen) atoms. The van der Waals surface area contributed by atoms with Crippen LogP contribution >= 0.6 is 11.6 Å². The molecule has 0 N–H and O–H groups in total. The van der Waals surface area contributed by atoms with Crippen molar-refractivity contribution < 1.29 is 0 Å². The molecule has 0 unspecified atom stereocenters.